The van der Waals surface area contributed by atoms with Crippen molar-refractivity contribution in [1.29, 1.82) is 0 Å². The molecule has 2 aromatic rings. The van der Waals surface area contributed by atoms with Crippen LogP contribution in [-0.2, 0) is 24.8 Å². The predicted molar refractivity (Wildman–Crippen MR) is 88.9 cm³/mol. The largest absolute Gasteiger partial charge is 0.374 e. The molecule has 1 saturated heterocycles. The molecular weight excluding hydrogens is 310 g/mol. The summed E-state index contributed by atoms with van der Waals surface area (Å²) < 4.78 is 12.4. The Kier molecular flexibility index (Phi) is 5.27. The molecule has 1 fully saturated rings. The quantitative estimate of drug-likeness (QED) is 0.830. The first-order valence-corrected chi connectivity index (χ1v) is 8.19. The van der Waals surface area contributed by atoms with Crippen LogP contribution in [0.25, 0.3) is 0 Å². The van der Waals surface area contributed by atoms with Crippen molar-refractivity contribution in [3.05, 3.63) is 40.3 Å². The van der Waals surface area contributed by atoms with Gasteiger partial charge < -0.3 is 19.1 Å². The molecule has 1 atom stereocenters. The number of ether oxygens (including phenoxy) is 1. The lowest BCUT2D eigenvalue weighted by Crippen LogP contribution is -2.45. The van der Waals surface area contributed by atoms with Gasteiger partial charge in [-0.25, -0.2) is 4.98 Å². The summed E-state index contributed by atoms with van der Waals surface area (Å²) in [5, 5.41) is 7.12. The second-order valence-electron chi connectivity index (χ2n) is 5.94. The average molecular weight is 333 g/mol. The van der Waals surface area contributed by atoms with Crippen molar-refractivity contribution < 1.29 is 9.26 Å². The van der Waals surface area contributed by atoms with E-state index in [1.54, 1.807) is 25.7 Å². The Hall–Kier alpha value is -2.19. The smallest absolute Gasteiger partial charge is 0.293 e. The number of nitrogens with one attached hydrogen (secondary N) is 1. The Balaban J connectivity index is 1.56. The molecule has 0 spiro atoms. The topological polar surface area (TPSA) is 85.4 Å². The molecular formula is C16H23N5O3. The first-order chi connectivity index (χ1) is 11.7. The van der Waals surface area contributed by atoms with Crippen molar-refractivity contribution in [2.24, 2.45) is 7.05 Å². The molecule has 0 radical (unpaired) electrons. The van der Waals surface area contributed by atoms with Crippen molar-refractivity contribution in [2.45, 2.75) is 26.0 Å². The molecule has 2 aromatic heterocycles. The summed E-state index contributed by atoms with van der Waals surface area (Å²) >= 11 is 0. The van der Waals surface area contributed by atoms with Crippen molar-refractivity contribution in [1.82, 2.24) is 19.6 Å². The zero-order chi connectivity index (χ0) is 16.9. The van der Waals surface area contributed by atoms with Gasteiger partial charge in [0.25, 0.3) is 5.56 Å². The van der Waals surface area contributed by atoms with Gasteiger partial charge in [-0.1, -0.05) is 12.1 Å². The summed E-state index contributed by atoms with van der Waals surface area (Å²) in [5.74, 6) is 0.355. The summed E-state index contributed by atoms with van der Waals surface area (Å²) in [6.07, 6.45) is 5.84. The summed E-state index contributed by atoms with van der Waals surface area (Å²) in [4.78, 5) is 18.4. The van der Waals surface area contributed by atoms with Crippen molar-refractivity contribution >= 4 is 5.82 Å². The number of anilines is 1. The number of nitrogens with zero attached hydrogens (tertiary/aromatic N) is 4. The Labute approximate surface area is 140 Å². The molecule has 1 aliphatic heterocycles. The van der Waals surface area contributed by atoms with Crippen LogP contribution < -0.4 is 10.9 Å². The third-order valence-electron chi connectivity index (χ3n) is 4.19. The van der Waals surface area contributed by atoms with E-state index in [0.29, 0.717) is 19.0 Å². The van der Waals surface area contributed by atoms with Crippen molar-refractivity contribution in [2.75, 3.05) is 31.6 Å². The van der Waals surface area contributed by atoms with E-state index in [1.165, 1.54) is 4.57 Å². The second-order valence-corrected chi connectivity index (χ2v) is 5.94. The summed E-state index contributed by atoms with van der Waals surface area (Å²) in [6.45, 7) is 5.75. The average Bonchev–Trinajstić information content (AvgIpc) is 3.04. The van der Waals surface area contributed by atoms with E-state index in [4.69, 9.17) is 9.26 Å². The number of aryl methyl sites for hydroxylation is 2. The van der Waals surface area contributed by atoms with Gasteiger partial charge in [0.05, 0.1) is 18.4 Å². The maximum Gasteiger partial charge on any atom is 0.293 e. The van der Waals surface area contributed by atoms with E-state index in [0.717, 1.165) is 37.3 Å². The minimum absolute atomic E-state index is 0.00963. The van der Waals surface area contributed by atoms with Crippen LogP contribution in [0.5, 0.6) is 0 Å². The van der Waals surface area contributed by atoms with Crippen LogP contribution >= 0.6 is 0 Å². The lowest BCUT2D eigenvalue weighted by molar-refractivity contribution is -0.0242. The fourth-order valence-corrected chi connectivity index (χ4v) is 2.82. The molecule has 1 N–H and O–H groups in total. The second kappa shape index (κ2) is 7.59. The van der Waals surface area contributed by atoms with Gasteiger partial charge in [-0.15, -0.1) is 0 Å². The third kappa shape index (κ3) is 3.82. The molecule has 8 nitrogen and oxygen atoms in total. The molecule has 1 aliphatic rings. The number of hydrogen-bond acceptors (Lipinski definition) is 7. The fourth-order valence-electron chi connectivity index (χ4n) is 2.82. The van der Waals surface area contributed by atoms with Crippen LogP contribution in [0, 0.1) is 0 Å². The monoisotopic (exact) mass is 333 g/mol. The molecule has 3 heterocycles. The van der Waals surface area contributed by atoms with Gasteiger partial charge in [0.15, 0.2) is 5.82 Å². The van der Waals surface area contributed by atoms with E-state index >= 15 is 0 Å². The fraction of sp³-hybridized carbons (Fsp3) is 0.562. The maximum atomic E-state index is 12.0. The SMILES string of the molecule is CCc1nocc1CN1CCO[C@@H](CNc2nccn(C)c2=O)C1. The zero-order valence-corrected chi connectivity index (χ0v) is 14.1. The van der Waals surface area contributed by atoms with E-state index in [9.17, 15) is 4.79 Å². The van der Waals surface area contributed by atoms with E-state index in [2.05, 4.69) is 27.3 Å². The van der Waals surface area contributed by atoms with Crippen molar-refractivity contribution in [3.63, 3.8) is 0 Å². The Morgan fingerprint density at radius 3 is 3.17 bits per heavy atom. The van der Waals surface area contributed by atoms with Gasteiger partial charge in [0, 0.05) is 51.2 Å². The van der Waals surface area contributed by atoms with Crippen LogP contribution in [0.4, 0.5) is 5.82 Å². The minimum Gasteiger partial charge on any atom is -0.374 e. The number of rotatable bonds is 6. The first-order valence-electron chi connectivity index (χ1n) is 8.19. The maximum absolute atomic E-state index is 12.0. The summed E-state index contributed by atoms with van der Waals surface area (Å²) in [6, 6.07) is 0. The van der Waals surface area contributed by atoms with Gasteiger partial charge in [-0.05, 0) is 6.42 Å². The van der Waals surface area contributed by atoms with E-state index in [-0.39, 0.29) is 11.7 Å². The predicted octanol–water partition coefficient (Wildman–Crippen LogP) is 0.644. The normalized spacial score (nSPS) is 18.7. The standard InChI is InChI=1S/C16H23N5O3/c1-3-14-12(11-24-19-14)9-21-6-7-23-13(10-21)8-18-15-16(22)20(2)5-4-17-15/h4-5,11,13H,3,6-10H2,1-2H3,(H,17,18)/t13-/m0/s1. The molecule has 0 aromatic carbocycles. The molecule has 8 heteroatoms. The highest BCUT2D eigenvalue weighted by molar-refractivity contribution is 5.30. The highest BCUT2D eigenvalue weighted by Gasteiger charge is 2.22. The molecule has 0 saturated carbocycles. The third-order valence-corrected chi connectivity index (χ3v) is 4.19. The van der Waals surface area contributed by atoms with Gasteiger partial charge >= 0.3 is 0 Å². The Morgan fingerprint density at radius 1 is 1.46 bits per heavy atom. The molecule has 3 rings (SSSR count). The Bertz CT molecular complexity index is 726. The van der Waals surface area contributed by atoms with E-state index < -0.39 is 0 Å². The molecule has 130 valence electrons. The minimum atomic E-state index is -0.137. The lowest BCUT2D eigenvalue weighted by atomic mass is 10.2. The van der Waals surface area contributed by atoms with Crippen LogP contribution in [-0.4, -0.2) is 52.0 Å². The van der Waals surface area contributed by atoms with Gasteiger partial charge in [0.1, 0.15) is 6.26 Å². The molecule has 0 bridgehead atoms. The highest BCUT2D eigenvalue weighted by atomic mass is 16.5. The summed E-state index contributed by atoms with van der Waals surface area (Å²) in [7, 11) is 1.71. The molecule has 0 aliphatic carbocycles. The lowest BCUT2D eigenvalue weighted by Gasteiger charge is -2.32. The van der Waals surface area contributed by atoms with Crippen molar-refractivity contribution in [3.8, 4) is 0 Å². The van der Waals surface area contributed by atoms with Crippen LogP contribution in [0.3, 0.4) is 0 Å². The van der Waals surface area contributed by atoms with Crippen LogP contribution in [0.2, 0.25) is 0 Å². The first kappa shape index (κ1) is 16.7. The molecule has 24 heavy (non-hydrogen) atoms. The molecule has 0 amide bonds. The highest BCUT2D eigenvalue weighted by Crippen LogP contribution is 2.14. The van der Waals surface area contributed by atoms with Gasteiger partial charge in [0.2, 0.25) is 0 Å². The number of morpholine rings is 1. The van der Waals surface area contributed by atoms with Gasteiger partial charge in [-0.2, -0.15) is 0 Å². The molecule has 0 unspecified atom stereocenters. The van der Waals surface area contributed by atoms with Crippen LogP contribution in [0.15, 0.2) is 28.0 Å². The number of aromatic nitrogens is 3. The summed E-state index contributed by atoms with van der Waals surface area (Å²) in [5.41, 5.74) is 2.00. The number of hydrogen-bond donors (Lipinski definition) is 1. The van der Waals surface area contributed by atoms with Crippen LogP contribution in [0.1, 0.15) is 18.2 Å². The Morgan fingerprint density at radius 2 is 2.33 bits per heavy atom. The van der Waals surface area contributed by atoms with E-state index in [1.807, 2.05) is 0 Å². The van der Waals surface area contributed by atoms with Gasteiger partial charge in [-0.3, -0.25) is 9.69 Å². The zero-order valence-electron chi connectivity index (χ0n) is 14.1.